The van der Waals surface area contributed by atoms with Crippen LogP contribution in [0.4, 0.5) is 4.53 Å². The number of rotatable bonds is 2. The van der Waals surface area contributed by atoms with Gasteiger partial charge in [0.2, 0.25) is 0 Å². The van der Waals surface area contributed by atoms with Gasteiger partial charge in [-0.15, -0.1) is 0 Å². The van der Waals surface area contributed by atoms with Gasteiger partial charge >= 0.3 is 5.97 Å². The normalized spacial score (nSPS) is 13.4. The van der Waals surface area contributed by atoms with Gasteiger partial charge in [-0.2, -0.15) is 4.94 Å². The van der Waals surface area contributed by atoms with Crippen molar-refractivity contribution in [3.05, 3.63) is 0 Å². The second kappa shape index (κ2) is 2.52. The van der Waals surface area contributed by atoms with Crippen LogP contribution in [-0.4, -0.2) is 17.2 Å². The number of carbonyl (C=O) groups is 1. The maximum absolute atomic E-state index is 10.8. The molecule has 4 heteroatoms. The van der Waals surface area contributed by atoms with E-state index in [-0.39, 0.29) is 0 Å². The Morgan fingerprint density at radius 2 is 2.43 bits per heavy atom. The molecule has 3 nitrogen and oxygen atoms in total. The maximum Gasteiger partial charge on any atom is 0.336 e. The highest BCUT2D eigenvalue weighted by Gasteiger charge is 2.09. The van der Waals surface area contributed by atoms with Gasteiger partial charge in [0.25, 0.3) is 0 Å². The minimum absolute atomic E-state index is 1.10. The molecule has 0 amide bonds. The average Bonchev–Trinajstić information content (AvgIpc) is 1.65. The molecule has 0 aliphatic heterocycles. The van der Waals surface area contributed by atoms with Crippen molar-refractivity contribution >= 4 is 5.97 Å². The van der Waals surface area contributed by atoms with Crippen LogP contribution in [0.25, 0.3) is 0 Å². The zero-order chi connectivity index (χ0) is 5.86. The molecule has 0 aromatic carbocycles. The Morgan fingerprint density at radius 3 is 2.43 bits per heavy atom. The molecule has 0 fully saturated rings. The molecule has 0 aromatic rings. The lowest BCUT2D eigenvalue weighted by molar-refractivity contribution is -0.194. The molecule has 1 N–H and O–H groups in total. The highest BCUT2D eigenvalue weighted by Crippen LogP contribution is 1.87. The summed E-state index contributed by atoms with van der Waals surface area (Å²) in [6.45, 7) is 1.10. The van der Waals surface area contributed by atoms with Crippen molar-refractivity contribution in [2.75, 3.05) is 0 Å². The lowest BCUT2D eigenvalue weighted by Crippen LogP contribution is -2.15. The van der Waals surface area contributed by atoms with Crippen LogP contribution in [0, 0.1) is 0 Å². The van der Waals surface area contributed by atoms with Gasteiger partial charge in [0, 0.05) is 0 Å². The third-order valence-corrected chi connectivity index (χ3v) is 0.481. The summed E-state index contributed by atoms with van der Waals surface area (Å²) in [5.41, 5.74) is 0. The zero-order valence-electron chi connectivity index (χ0n) is 3.72. The monoisotopic (exact) mass is 108 g/mol. The number of halogens is 1. The van der Waals surface area contributed by atoms with E-state index in [0.29, 0.717) is 0 Å². The van der Waals surface area contributed by atoms with Crippen molar-refractivity contribution in [2.45, 2.75) is 13.0 Å². The number of carboxylic acid groups (broad SMARTS) is 1. The van der Waals surface area contributed by atoms with Crippen LogP contribution in [-0.2, 0) is 9.74 Å². The first-order valence-electron chi connectivity index (χ1n) is 1.68. The molecule has 42 valence electrons. The van der Waals surface area contributed by atoms with E-state index in [1.165, 1.54) is 0 Å². The van der Waals surface area contributed by atoms with Gasteiger partial charge in [0.05, 0.1) is 0 Å². The molecule has 0 radical (unpaired) electrons. The molecular formula is C3H5FO3. The molecule has 0 aliphatic rings. The Bertz CT molecular complexity index is 72.6. The summed E-state index contributed by atoms with van der Waals surface area (Å²) in [6, 6.07) is 0. The molecule has 0 aliphatic carbocycles. The summed E-state index contributed by atoms with van der Waals surface area (Å²) in [5, 5.41) is 7.82. The number of hydrogen-bond donors (Lipinski definition) is 1. The van der Waals surface area contributed by atoms with Crippen molar-refractivity contribution in [2.24, 2.45) is 0 Å². The van der Waals surface area contributed by atoms with E-state index < -0.39 is 12.1 Å². The van der Waals surface area contributed by atoms with Crippen molar-refractivity contribution in [1.82, 2.24) is 0 Å². The average molecular weight is 108 g/mol. The summed E-state index contributed by atoms with van der Waals surface area (Å²) in [5.74, 6) is -1.30. The Balaban J connectivity index is 3.34. The quantitative estimate of drug-likeness (QED) is 0.555. The number of carboxylic acids is 1. The highest BCUT2D eigenvalue weighted by atomic mass is 19.3. The Morgan fingerprint density at radius 1 is 2.00 bits per heavy atom. The fourth-order valence-corrected chi connectivity index (χ4v) is 0.0381. The molecule has 7 heavy (non-hydrogen) atoms. The second-order valence-corrected chi connectivity index (χ2v) is 1.07. The summed E-state index contributed by atoms with van der Waals surface area (Å²) in [6.07, 6.45) is -1.35. The first kappa shape index (κ1) is 6.36. The van der Waals surface area contributed by atoms with Crippen molar-refractivity contribution in [3.8, 4) is 0 Å². The first-order chi connectivity index (χ1) is 3.18. The van der Waals surface area contributed by atoms with Crippen LogP contribution in [0.15, 0.2) is 0 Å². The van der Waals surface area contributed by atoms with Gasteiger partial charge in [-0.1, -0.05) is 0 Å². The van der Waals surface area contributed by atoms with Gasteiger partial charge in [-0.05, 0) is 11.4 Å². The summed E-state index contributed by atoms with van der Waals surface area (Å²) < 4.78 is 10.8. The van der Waals surface area contributed by atoms with Crippen LogP contribution in [0.1, 0.15) is 6.92 Å². The Kier molecular flexibility index (Phi) is 2.29. The largest absolute Gasteiger partial charge is 0.479 e. The smallest absolute Gasteiger partial charge is 0.336 e. The van der Waals surface area contributed by atoms with Crippen molar-refractivity contribution < 1.29 is 19.4 Å². The highest BCUT2D eigenvalue weighted by molar-refractivity contribution is 5.71. The molecule has 0 heterocycles. The van der Waals surface area contributed by atoms with E-state index in [1.54, 1.807) is 0 Å². The van der Waals surface area contributed by atoms with E-state index in [4.69, 9.17) is 5.11 Å². The SMILES string of the molecule is CC(OF)C(=O)O. The molecule has 0 bridgehead atoms. The van der Waals surface area contributed by atoms with Crippen molar-refractivity contribution in [1.29, 1.82) is 0 Å². The Labute approximate surface area is 39.6 Å². The van der Waals surface area contributed by atoms with E-state index in [1.807, 2.05) is 0 Å². The number of hydrogen-bond acceptors (Lipinski definition) is 2. The lowest BCUT2D eigenvalue weighted by Gasteiger charge is -1.93. The van der Waals surface area contributed by atoms with Crippen LogP contribution in [0.5, 0.6) is 0 Å². The fourth-order valence-electron chi connectivity index (χ4n) is 0.0381. The minimum atomic E-state index is -1.35. The zero-order valence-corrected chi connectivity index (χ0v) is 3.72. The third kappa shape index (κ3) is 2.11. The molecule has 0 spiro atoms. The molecule has 0 saturated heterocycles. The standard InChI is InChI=1S/C3H5FO3/c1-2(7-4)3(5)6/h2H,1H3,(H,5,6). The minimum Gasteiger partial charge on any atom is -0.479 e. The first-order valence-corrected chi connectivity index (χ1v) is 1.68. The van der Waals surface area contributed by atoms with E-state index in [2.05, 4.69) is 4.94 Å². The van der Waals surface area contributed by atoms with Gasteiger partial charge in [-0.3, -0.25) is 0 Å². The third-order valence-electron chi connectivity index (χ3n) is 0.481. The Hall–Kier alpha value is -0.640. The van der Waals surface area contributed by atoms with Gasteiger partial charge in [0.15, 0.2) is 6.10 Å². The van der Waals surface area contributed by atoms with Gasteiger partial charge in [-0.25, -0.2) is 4.79 Å². The topological polar surface area (TPSA) is 46.5 Å². The maximum atomic E-state index is 10.8. The molecule has 0 aromatic heterocycles. The van der Waals surface area contributed by atoms with Crippen LogP contribution in [0.2, 0.25) is 0 Å². The van der Waals surface area contributed by atoms with Crippen LogP contribution in [0.3, 0.4) is 0 Å². The molecular weight excluding hydrogens is 103 g/mol. The number of aliphatic carboxylic acids is 1. The van der Waals surface area contributed by atoms with Gasteiger partial charge in [0.1, 0.15) is 0 Å². The van der Waals surface area contributed by atoms with E-state index in [9.17, 15) is 9.32 Å². The van der Waals surface area contributed by atoms with Crippen LogP contribution >= 0.6 is 0 Å². The molecule has 1 unspecified atom stereocenters. The summed E-state index contributed by atoms with van der Waals surface area (Å²) in [7, 11) is 0. The summed E-state index contributed by atoms with van der Waals surface area (Å²) >= 11 is 0. The van der Waals surface area contributed by atoms with Gasteiger partial charge < -0.3 is 5.11 Å². The molecule has 0 saturated carbocycles. The van der Waals surface area contributed by atoms with Crippen LogP contribution < -0.4 is 0 Å². The summed E-state index contributed by atoms with van der Waals surface area (Å²) in [4.78, 5) is 12.5. The predicted molar refractivity (Wildman–Crippen MR) is 19.3 cm³/mol. The van der Waals surface area contributed by atoms with E-state index in [0.717, 1.165) is 6.92 Å². The fraction of sp³-hybridized carbons (Fsp3) is 0.667. The van der Waals surface area contributed by atoms with Crippen molar-refractivity contribution in [3.63, 3.8) is 0 Å². The lowest BCUT2D eigenvalue weighted by atomic mass is 10.4. The van der Waals surface area contributed by atoms with E-state index >= 15 is 0 Å². The second-order valence-electron chi connectivity index (χ2n) is 1.07. The molecule has 0 rings (SSSR count). The molecule has 1 atom stereocenters. The predicted octanol–water partition coefficient (Wildman–Crippen LogP) is 0.361.